The number of aromatic carboxylic acids is 1. The highest BCUT2D eigenvalue weighted by molar-refractivity contribution is 9.10. The summed E-state index contributed by atoms with van der Waals surface area (Å²) in [5.74, 6) is -1.35. The number of carboxylic acids is 1. The van der Waals surface area contributed by atoms with Gasteiger partial charge in [-0.2, -0.15) is 0 Å². The quantitative estimate of drug-likeness (QED) is 0.652. The number of hydrogen-bond acceptors (Lipinski definition) is 3. The fraction of sp³-hybridized carbons (Fsp3) is 0.0526. The highest BCUT2D eigenvalue weighted by Crippen LogP contribution is 2.23. The van der Waals surface area contributed by atoms with Crippen LogP contribution in [0, 0.1) is 5.82 Å². The van der Waals surface area contributed by atoms with E-state index in [2.05, 4.69) is 21.2 Å². The lowest BCUT2D eigenvalue weighted by atomic mass is 10.2. The molecule has 0 aliphatic carbocycles. The monoisotopic (exact) mass is 416 g/mol. The van der Waals surface area contributed by atoms with Crippen LogP contribution in [0.3, 0.4) is 0 Å². The molecular formula is C19H14BrFN2O3. The van der Waals surface area contributed by atoms with Gasteiger partial charge < -0.3 is 15.0 Å². The maximum absolute atomic E-state index is 13.3. The summed E-state index contributed by atoms with van der Waals surface area (Å²) in [5.41, 5.74) is 1.80. The van der Waals surface area contributed by atoms with Gasteiger partial charge in [-0.3, -0.25) is 4.79 Å². The van der Waals surface area contributed by atoms with Gasteiger partial charge in [0.15, 0.2) is 0 Å². The van der Waals surface area contributed by atoms with Crippen molar-refractivity contribution in [3.8, 4) is 0 Å². The highest BCUT2D eigenvalue weighted by Gasteiger charge is 2.09. The van der Waals surface area contributed by atoms with E-state index in [1.165, 1.54) is 28.8 Å². The van der Waals surface area contributed by atoms with E-state index < -0.39 is 5.97 Å². The van der Waals surface area contributed by atoms with E-state index in [-0.39, 0.29) is 23.5 Å². The minimum atomic E-state index is -1.00. The first-order valence-corrected chi connectivity index (χ1v) is 8.47. The number of benzene rings is 2. The molecule has 0 unspecified atom stereocenters. The van der Waals surface area contributed by atoms with Gasteiger partial charge >= 0.3 is 5.97 Å². The van der Waals surface area contributed by atoms with Crippen LogP contribution in [0.2, 0.25) is 0 Å². The second-order valence-corrected chi connectivity index (χ2v) is 6.41. The summed E-state index contributed by atoms with van der Waals surface area (Å²) < 4.78 is 15.1. The minimum absolute atomic E-state index is 0.181. The Labute approximate surface area is 156 Å². The molecule has 0 spiro atoms. The summed E-state index contributed by atoms with van der Waals surface area (Å²) in [6.07, 6.45) is 1.62. The van der Waals surface area contributed by atoms with Crippen LogP contribution < -0.4 is 10.9 Å². The second kappa shape index (κ2) is 7.53. The van der Waals surface area contributed by atoms with E-state index in [9.17, 15) is 14.0 Å². The highest BCUT2D eigenvalue weighted by atomic mass is 79.9. The normalized spacial score (nSPS) is 10.5. The summed E-state index contributed by atoms with van der Waals surface area (Å²) in [4.78, 5) is 23.4. The molecule has 0 radical (unpaired) electrons. The van der Waals surface area contributed by atoms with Crippen molar-refractivity contribution < 1.29 is 14.3 Å². The number of nitrogens with one attached hydrogen (secondary N) is 1. The number of carbonyl (C=O) groups is 1. The van der Waals surface area contributed by atoms with Crippen LogP contribution in [-0.2, 0) is 6.54 Å². The lowest BCUT2D eigenvalue weighted by Crippen LogP contribution is -2.21. The van der Waals surface area contributed by atoms with Crippen molar-refractivity contribution in [3.63, 3.8) is 0 Å². The van der Waals surface area contributed by atoms with E-state index >= 15 is 0 Å². The molecule has 0 fully saturated rings. The number of carboxylic acid groups (broad SMARTS) is 1. The average Bonchev–Trinajstić information content (AvgIpc) is 2.62. The van der Waals surface area contributed by atoms with E-state index in [0.29, 0.717) is 21.4 Å². The van der Waals surface area contributed by atoms with E-state index in [1.807, 2.05) is 0 Å². The van der Waals surface area contributed by atoms with Crippen LogP contribution in [0.5, 0.6) is 0 Å². The summed E-state index contributed by atoms with van der Waals surface area (Å²) in [6.45, 7) is 0.253. The van der Waals surface area contributed by atoms with Crippen LogP contribution in [-0.4, -0.2) is 15.6 Å². The number of rotatable bonds is 5. The maximum atomic E-state index is 13.3. The number of nitrogens with zero attached hydrogens (tertiary/aromatic N) is 1. The Kier molecular flexibility index (Phi) is 5.18. The molecule has 0 saturated heterocycles. The Morgan fingerprint density at radius 3 is 2.54 bits per heavy atom. The molecule has 3 aromatic rings. The van der Waals surface area contributed by atoms with Gasteiger partial charge in [0.2, 0.25) is 0 Å². The molecule has 3 rings (SSSR count). The van der Waals surface area contributed by atoms with Crippen LogP contribution in [0.25, 0.3) is 0 Å². The van der Waals surface area contributed by atoms with E-state index in [4.69, 9.17) is 5.11 Å². The lowest BCUT2D eigenvalue weighted by Gasteiger charge is -2.12. The molecule has 0 saturated carbocycles. The summed E-state index contributed by atoms with van der Waals surface area (Å²) >= 11 is 3.29. The first kappa shape index (κ1) is 17.9. The van der Waals surface area contributed by atoms with Crippen molar-refractivity contribution in [1.29, 1.82) is 0 Å². The smallest absolute Gasteiger partial charge is 0.335 e. The Balaban J connectivity index is 1.83. The number of hydrogen-bond donors (Lipinski definition) is 2. The van der Waals surface area contributed by atoms with Crippen LogP contribution >= 0.6 is 15.9 Å². The van der Waals surface area contributed by atoms with Gasteiger partial charge in [-0.05, 0) is 64.0 Å². The molecule has 1 heterocycles. The third kappa shape index (κ3) is 4.00. The van der Waals surface area contributed by atoms with Crippen LogP contribution in [0.15, 0.2) is 70.1 Å². The fourth-order valence-electron chi connectivity index (χ4n) is 2.45. The zero-order valence-electron chi connectivity index (χ0n) is 13.4. The zero-order valence-corrected chi connectivity index (χ0v) is 15.0. The lowest BCUT2D eigenvalue weighted by molar-refractivity contribution is 0.0697. The molecule has 0 aliphatic rings. The molecule has 2 aromatic carbocycles. The topological polar surface area (TPSA) is 71.3 Å². The number of aromatic nitrogens is 1. The first-order valence-electron chi connectivity index (χ1n) is 7.68. The molecule has 0 amide bonds. The van der Waals surface area contributed by atoms with Crippen molar-refractivity contribution >= 4 is 33.3 Å². The summed E-state index contributed by atoms with van der Waals surface area (Å²) in [7, 11) is 0. The van der Waals surface area contributed by atoms with Crippen molar-refractivity contribution in [3.05, 3.63) is 92.6 Å². The van der Waals surface area contributed by atoms with Gasteiger partial charge in [-0.15, -0.1) is 0 Å². The summed E-state index contributed by atoms with van der Waals surface area (Å²) in [5, 5.41) is 12.0. The van der Waals surface area contributed by atoms with E-state index in [0.717, 1.165) is 0 Å². The largest absolute Gasteiger partial charge is 0.478 e. The van der Waals surface area contributed by atoms with Crippen molar-refractivity contribution in [2.24, 2.45) is 0 Å². The standard InChI is InChI=1S/C19H14BrFN2O3/c20-17-16(22-15-6-4-13(5-7-15)19(25)26)8-9-23(18(17)24)11-12-2-1-3-14(21)10-12/h1-10,22H,11H2,(H,25,26). The van der Waals surface area contributed by atoms with Crippen molar-refractivity contribution in [2.45, 2.75) is 6.54 Å². The van der Waals surface area contributed by atoms with Gasteiger partial charge in [0.25, 0.3) is 5.56 Å². The second-order valence-electron chi connectivity index (χ2n) is 5.61. The fourth-order valence-corrected chi connectivity index (χ4v) is 2.91. The Bertz CT molecular complexity index is 1020. The number of pyridine rings is 1. The molecule has 0 bridgehead atoms. The SMILES string of the molecule is O=C(O)c1ccc(Nc2ccn(Cc3cccc(F)c3)c(=O)c2Br)cc1. The summed E-state index contributed by atoms with van der Waals surface area (Å²) in [6, 6.07) is 14.0. The molecule has 26 heavy (non-hydrogen) atoms. The molecule has 5 nitrogen and oxygen atoms in total. The third-order valence-electron chi connectivity index (χ3n) is 3.76. The molecule has 1 aromatic heterocycles. The average molecular weight is 417 g/mol. The molecule has 2 N–H and O–H groups in total. The molecule has 132 valence electrons. The Hall–Kier alpha value is -2.93. The number of halogens is 2. The zero-order chi connectivity index (χ0) is 18.7. The van der Waals surface area contributed by atoms with E-state index in [1.54, 1.807) is 36.5 Å². The maximum Gasteiger partial charge on any atom is 0.335 e. The predicted octanol–water partition coefficient (Wildman–Crippen LogP) is 4.24. The Morgan fingerprint density at radius 1 is 1.15 bits per heavy atom. The van der Waals surface area contributed by atoms with Crippen LogP contribution in [0.1, 0.15) is 15.9 Å². The first-order chi connectivity index (χ1) is 12.4. The van der Waals surface area contributed by atoms with Gasteiger partial charge in [0.05, 0.1) is 17.8 Å². The Morgan fingerprint density at radius 2 is 1.88 bits per heavy atom. The van der Waals surface area contributed by atoms with Gasteiger partial charge in [-0.25, -0.2) is 9.18 Å². The molecular weight excluding hydrogens is 403 g/mol. The van der Waals surface area contributed by atoms with Crippen molar-refractivity contribution in [2.75, 3.05) is 5.32 Å². The molecule has 0 atom stereocenters. The van der Waals surface area contributed by atoms with Crippen molar-refractivity contribution in [1.82, 2.24) is 4.57 Å². The molecule has 0 aliphatic heterocycles. The predicted molar refractivity (Wildman–Crippen MR) is 101 cm³/mol. The van der Waals surface area contributed by atoms with Gasteiger partial charge in [0, 0.05) is 11.9 Å². The molecule has 7 heteroatoms. The van der Waals surface area contributed by atoms with Gasteiger partial charge in [-0.1, -0.05) is 12.1 Å². The van der Waals surface area contributed by atoms with Gasteiger partial charge in [0.1, 0.15) is 10.3 Å². The van der Waals surface area contributed by atoms with Crippen LogP contribution in [0.4, 0.5) is 15.8 Å². The number of anilines is 2. The minimum Gasteiger partial charge on any atom is -0.478 e. The third-order valence-corrected chi connectivity index (χ3v) is 4.53.